The summed E-state index contributed by atoms with van der Waals surface area (Å²) in [5.41, 5.74) is 0.553. The molecule has 2 aromatic rings. The number of nitrogens with zero attached hydrogens (tertiary/aromatic N) is 4. The van der Waals surface area contributed by atoms with E-state index >= 15 is 0 Å². The van der Waals surface area contributed by atoms with Gasteiger partial charge < -0.3 is 5.32 Å². The fraction of sp³-hybridized carbons (Fsp3) is 0.231. The van der Waals surface area contributed by atoms with Crippen LogP contribution in [0, 0.1) is 27.2 Å². The molecular weight excluding hydrogens is 306 g/mol. The Bertz CT molecular complexity index is 753. The zero-order chi connectivity index (χ0) is 17.0. The second-order valence-electron chi connectivity index (χ2n) is 4.72. The highest BCUT2D eigenvalue weighted by Gasteiger charge is 2.15. The largest absolute Gasteiger partial charge is 0.326 e. The van der Waals surface area contributed by atoms with Crippen LogP contribution in [-0.4, -0.2) is 25.5 Å². The summed E-state index contributed by atoms with van der Waals surface area (Å²) < 4.78 is 1.34. The fourth-order valence-corrected chi connectivity index (χ4v) is 1.91. The highest BCUT2D eigenvalue weighted by Crippen LogP contribution is 2.17. The van der Waals surface area contributed by atoms with Gasteiger partial charge in [0.05, 0.1) is 9.85 Å². The minimum Gasteiger partial charge on any atom is -0.326 e. The number of carbonyl (C=O) groups excluding carboxylic acids is 1. The number of non-ortho nitro benzene ring substituents is 1. The van der Waals surface area contributed by atoms with E-state index in [9.17, 15) is 25.0 Å². The standard InChI is InChI=1S/C13H13N5O5/c1-9-12(18(22)23)8-16(15-9)7-6-13(19)14-10-2-4-11(5-3-10)17(20)21/h2-5,8H,6-7H2,1H3,(H,14,19). The van der Waals surface area contributed by atoms with E-state index in [1.807, 2.05) is 0 Å². The van der Waals surface area contributed by atoms with Crippen molar-refractivity contribution in [2.24, 2.45) is 0 Å². The maximum Gasteiger partial charge on any atom is 0.309 e. The van der Waals surface area contributed by atoms with E-state index in [0.29, 0.717) is 5.69 Å². The Hall–Kier alpha value is -3.30. The first-order valence-corrected chi connectivity index (χ1v) is 6.59. The highest BCUT2D eigenvalue weighted by atomic mass is 16.6. The van der Waals surface area contributed by atoms with Crippen molar-refractivity contribution in [2.75, 3.05) is 5.32 Å². The summed E-state index contributed by atoms with van der Waals surface area (Å²) in [6.45, 7) is 1.71. The molecule has 23 heavy (non-hydrogen) atoms. The molecule has 0 unspecified atom stereocenters. The monoisotopic (exact) mass is 319 g/mol. The van der Waals surface area contributed by atoms with Crippen molar-refractivity contribution >= 4 is 23.0 Å². The van der Waals surface area contributed by atoms with Gasteiger partial charge in [-0.3, -0.25) is 29.7 Å². The molecule has 0 fully saturated rings. The normalized spacial score (nSPS) is 10.3. The van der Waals surface area contributed by atoms with Gasteiger partial charge in [0.25, 0.3) is 5.69 Å². The summed E-state index contributed by atoms with van der Waals surface area (Å²) >= 11 is 0. The van der Waals surface area contributed by atoms with Crippen molar-refractivity contribution in [3.8, 4) is 0 Å². The number of aryl methyl sites for hydroxylation is 2. The SMILES string of the molecule is Cc1nn(CCC(=O)Nc2ccc([N+](=O)[O-])cc2)cc1[N+](=O)[O-]. The summed E-state index contributed by atoms with van der Waals surface area (Å²) in [7, 11) is 0. The number of benzene rings is 1. The maximum atomic E-state index is 11.8. The van der Waals surface area contributed by atoms with Crippen molar-refractivity contribution in [1.29, 1.82) is 0 Å². The molecule has 0 saturated heterocycles. The number of hydrogen-bond acceptors (Lipinski definition) is 6. The number of carbonyl (C=O) groups is 1. The molecule has 0 atom stereocenters. The molecule has 1 amide bonds. The molecule has 1 heterocycles. The van der Waals surface area contributed by atoms with Crippen LogP contribution in [0.3, 0.4) is 0 Å². The fourth-order valence-electron chi connectivity index (χ4n) is 1.91. The second-order valence-corrected chi connectivity index (χ2v) is 4.72. The van der Waals surface area contributed by atoms with Gasteiger partial charge in [0.2, 0.25) is 5.91 Å². The van der Waals surface area contributed by atoms with Crippen molar-refractivity contribution < 1.29 is 14.6 Å². The molecule has 10 heteroatoms. The number of hydrogen-bond donors (Lipinski definition) is 1. The first-order valence-electron chi connectivity index (χ1n) is 6.59. The van der Waals surface area contributed by atoms with Gasteiger partial charge in [-0.15, -0.1) is 0 Å². The van der Waals surface area contributed by atoms with Gasteiger partial charge in [0, 0.05) is 30.8 Å². The molecular formula is C13H13N5O5. The number of anilines is 1. The molecule has 0 aliphatic carbocycles. The number of amides is 1. The summed E-state index contributed by atoms with van der Waals surface area (Å²) in [5, 5.41) is 27.8. The number of nitro groups is 2. The van der Waals surface area contributed by atoms with Crippen molar-refractivity contribution in [1.82, 2.24) is 9.78 Å². The maximum absolute atomic E-state index is 11.8. The lowest BCUT2D eigenvalue weighted by molar-refractivity contribution is -0.385. The van der Waals surface area contributed by atoms with Crippen LogP contribution in [0.15, 0.2) is 30.5 Å². The first kappa shape index (κ1) is 16.1. The Kier molecular flexibility index (Phi) is 4.64. The lowest BCUT2D eigenvalue weighted by Crippen LogP contribution is -2.14. The molecule has 10 nitrogen and oxygen atoms in total. The van der Waals surface area contributed by atoms with Gasteiger partial charge in [0.15, 0.2) is 0 Å². The van der Waals surface area contributed by atoms with E-state index in [1.165, 1.54) is 42.1 Å². The molecule has 120 valence electrons. The summed E-state index contributed by atoms with van der Waals surface area (Å²) in [4.78, 5) is 32.0. The van der Waals surface area contributed by atoms with Crippen molar-refractivity contribution in [3.63, 3.8) is 0 Å². The van der Waals surface area contributed by atoms with Gasteiger partial charge in [-0.05, 0) is 19.1 Å². The Morgan fingerprint density at radius 3 is 2.39 bits per heavy atom. The predicted molar refractivity (Wildman–Crippen MR) is 80.0 cm³/mol. The highest BCUT2D eigenvalue weighted by molar-refractivity contribution is 5.90. The van der Waals surface area contributed by atoms with Gasteiger partial charge in [0.1, 0.15) is 11.9 Å². The minimum absolute atomic E-state index is 0.0647. The van der Waals surface area contributed by atoms with E-state index in [1.54, 1.807) is 0 Å². The zero-order valence-electron chi connectivity index (χ0n) is 12.1. The van der Waals surface area contributed by atoms with Crippen LogP contribution in [0.2, 0.25) is 0 Å². The lowest BCUT2D eigenvalue weighted by Gasteiger charge is -2.05. The van der Waals surface area contributed by atoms with Gasteiger partial charge >= 0.3 is 5.69 Å². The van der Waals surface area contributed by atoms with Crippen LogP contribution < -0.4 is 5.32 Å². The molecule has 0 radical (unpaired) electrons. The van der Waals surface area contributed by atoms with Gasteiger partial charge in [-0.1, -0.05) is 0 Å². The molecule has 1 aromatic heterocycles. The third kappa shape index (κ3) is 4.09. The zero-order valence-corrected chi connectivity index (χ0v) is 12.1. The molecule has 0 saturated carbocycles. The molecule has 1 N–H and O–H groups in total. The topological polar surface area (TPSA) is 133 Å². The van der Waals surface area contributed by atoms with E-state index in [2.05, 4.69) is 10.4 Å². The van der Waals surface area contributed by atoms with E-state index in [-0.39, 0.29) is 35.9 Å². The van der Waals surface area contributed by atoms with Crippen LogP contribution in [0.5, 0.6) is 0 Å². The Morgan fingerprint density at radius 2 is 1.87 bits per heavy atom. The van der Waals surface area contributed by atoms with Crippen LogP contribution >= 0.6 is 0 Å². The summed E-state index contributed by atoms with van der Waals surface area (Å²) in [5.74, 6) is -0.324. The smallest absolute Gasteiger partial charge is 0.309 e. The minimum atomic E-state index is -0.532. The molecule has 0 bridgehead atoms. The molecule has 0 aliphatic heterocycles. The van der Waals surface area contributed by atoms with Crippen molar-refractivity contribution in [2.45, 2.75) is 19.9 Å². The van der Waals surface area contributed by atoms with Crippen molar-refractivity contribution in [3.05, 3.63) is 56.4 Å². The van der Waals surface area contributed by atoms with Crippen LogP contribution in [-0.2, 0) is 11.3 Å². The quantitative estimate of drug-likeness (QED) is 0.639. The van der Waals surface area contributed by atoms with E-state index in [4.69, 9.17) is 0 Å². The molecule has 2 rings (SSSR count). The van der Waals surface area contributed by atoms with Crippen LogP contribution in [0.25, 0.3) is 0 Å². The first-order chi connectivity index (χ1) is 10.9. The Morgan fingerprint density at radius 1 is 1.22 bits per heavy atom. The van der Waals surface area contributed by atoms with Crippen LogP contribution in [0.4, 0.5) is 17.1 Å². The second kappa shape index (κ2) is 6.64. The Balaban J connectivity index is 1.91. The lowest BCUT2D eigenvalue weighted by atomic mass is 10.2. The van der Waals surface area contributed by atoms with Gasteiger partial charge in [-0.2, -0.15) is 5.10 Å². The Labute approximate surface area is 130 Å². The third-order valence-electron chi connectivity index (χ3n) is 3.05. The number of nitro benzene ring substituents is 1. The number of nitrogens with one attached hydrogen (secondary N) is 1. The number of aromatic nitrogens is 2. The predicted octanol–water partition coefficient (Wildman–Crippen LogP) is 2.04. The molecule has 0 spiro atoms. The van der Waals surface area contributed by atoms with E-state index in [0.717, 1.165) is 0 Å². The molecule has 1 aromatic carbocycles. The average molecular weight is 319 g/mol. The third-order valence-corrected chi connectivity index (χ3v) is 3.05. The molecule has 0 aliphatic rings. The van der Waals surface area contributed by atoms with Gasteiger partial charge in [-0.25, -0.2) is 0 Å². The number of rotatable bonds is 6. The summed E-state index contributed by atoms with van der Waals surface area (Å²) in [6, 6.07) is 5.43. The average Bonchev–Trinajstić information content (AvgIpc) is 2.87. The van der Waals surface area contributed by atoms with E-state index < -0.39 is 9.85 Å². The van der Waals surface area contributed by atoms with Crippen LogP contribution in [0.1, 0.15) is 12.1 Å². The summed E-state index contributed by atoms with van der Waals surface area (Å²) in [6.07, 6.45) is 1.34.